The minimum Gasteiger partial charge on any atom is -0.388 e. The quantitative estimate of drug-likeness (QED) is 0.880. The molecule has 1 saturated heterocycles. The summed E-state index contributed by atoms with van der Waals surface area (Å²) in [6, 6.07) is 9.91. The molecule has 0 bridgehead atoms. The van der Waals surface area contributed by atoms with Crippen LogP contribution in [0.2, 0.25) is 0 Å². The number of methoxy groups -OCH3 is 1. The number of ether oxygens (including phenoxy) is 1. The van der Waals surface area contributed by atoms with Gasteiger partial charge < -0.3 is 14.4 Å². The first-order chi connectivity index (χ1) is 11.3. The van der Waals surface area contributed by atoms with Crippen LogP contribution in [0.25, 0.3) is 0 Å². The molecule has 0 amide bonds. The maximum absolute atomic E-state index is 10.5. The topological polar surface area (TPSA) is 71.6 Å². The summed E-state index contributed by atoms with van der Waals surface area (Å²) in [7, 11) is 1.60. The van der Waals surface area contributed by atoms with Gasteiger partial charge in [-0.2, -0.15) is 4.98 Å². The van der Waals surface area contributed by atoms with Gasteiger partial charge in [0.1, 0.15) is 6.61 Å². The molecule has 1 fully saturated rings. The van der Waals surface area contributed by atoms with Crippen molar-refractivity contribution in [3.05, 3.63) is 47.6 Å². The molecule has 3 rings (SSSR count). The fourth-order valence-electron chi connectivity index (χ4n) is 3.09. The number of aliphatic hydroxyl groups excluding tert-OH is 1. The van der Waals surface area contributed by atoms with Crippen molar-refractivity contribution >= 4 is 0 Å². The van der Waals surface area contributed by atoms with Crippen molar-refractivity contribution in [2.75, 3.05) is 20.2 Å². The molecule has 1 N–H and O–H groups in total. The zero-order valence-electron chi connectivity index (χ0n) is 13.4. The second-order valence-corrected chi connectivity index (χ2v) is 6.01. The second-order valence-electron chi connectivity index (χ2n) is 6.01. The first kappa shape index (κ1) is 16.1. The van der Waals surface area contributed by atoms with Crippen LogP contribution in [0.15, 0.2) is 34.9 Å². The molecule has 124 valence electrons. The lowest BCUT2D eigenvalue weighted by molar-refractivity contribution is 0.0558. The summed E-state index contributed by atoms with van der Waals surface area (Å²) in [5.41, 5.74) is 1.01. The molecule has 0 aliphatic carbocycles. The Kier molecular flexibility index (Phi) is 5.38. The predicted molar refractivity (Wildman–Crippen MR) is 84.4 cm³/mol. The molecule has 2 aromatic rings. The highest BCUT2D eigenvalue weighted by molar-refractivity contribution is 5.18. The van der Waals surface area contributed by atoms with Crippen LogP contribution in [0.4, 0.5) is 0 Å². The van der Waals surface area contributed by atoms with Crippen molar-refractivity contribution in [3.63, 3.8) is 0 Å². The van der Waals surface area contributed by atoms with Gasteiger partial charge in [-0.25, -0.2) is 0 Å². The van der Waals surface area contributed by atoms with Crippen molar-refractivity contribution < 1.29 is 14.4 Å². The standard InChI is InChI=1S/C17H23N3O3/c1-22-12-16-18-15(19-23-16)11-20-9-7-14(8-10-20)17(21)13-5-3-2-4-6-13/h2-6,14,17,21H,7-12H2,1H3. The van der Waals surface area contributed by atoms with Crippen LogP contribution in [-0.2, 0) is 17.9 Å². The highest BCUT2D eigenvalue weighted by Gasteiger charge is 2.26. The molecule has 2 heterocycles. The van der Waals surface area contributed by atoms with Crippen LogP contribution >= 0.6 is 0 Å². The van der Waals surface area contributed by atoms with Crippen LogP contribution < -0.4 is 0 Å². The molecule has 6 heteroatoms. The van der Waals surface area contributed by atoms with E-state index < -0.39 is 0 Å². The summed E-state index contributed by atoms with van der Waals surface area (Å²) in [4.78, 5) is 6.60. The molecule has 1 aromatic heterocycles. The molecular formula is C17H23N3O3. The first-order valence-corrected chi connectivity index (χ1v) is 8.02. The van der Waals surface area contributed by atoms with Gasteiger partial charge in [0.15, 0.2) is 5.82 Å². The summed E-state index contributed by atoms with van der Waals surface area (Å²) in [5, 5.41) is 14.5. The molecule has 6 nitrogen and oxygen atoms in total. The third kappa shape index (κ3) is 4.16. The Bertz CT molecular complexity index is 594. The number of likely N-dealkylation sites (tertiary alicyclic amines) is 1. The fraction of sp³-hybridized carbons (Fsp3) is 0.529. The first-order valence-electron chi connectivity index (χ1n) is 8.02. The number of nitrogens with zero attached hydrogens (tertiary/aromatic N) is 3. The molecule has 0 radical (unpaired) electrons. The van der Waals surface area contributed by atoms with Gasteiger partial charge in [0.2, 0.25) is 0 Å². The molecule has 1 aliphatic heterocycles. The van der Waals surface area contributed by atoms with E-state index >= 15 is 0 Å². The number of rotatable bonds is 6. The van der Waals surface area contributed by atoms with Gasteiger partial charge in [0.25, 0.3) is 5.89 Å². The number of aromatic nitrogens is 2. The van der Waals surface area contributed by atoms with E-state index in [1.165, 1.54) is 0 Å². The summed E-state index contributed by atoms with van der Waals surface area (Å²) < 4.78 is 10.1. The Morgan fingerprint density at radius 3 is 2.74 bits per heavy atom. The van der Waals surface area contributed by atoms with Gasteiger partial charge in [0, 0.05) is 7.11 Å². The highest BCUT2D eigenvalue weighted by Crippen LogP contribution is 2.30. The Morgan fingerprint density at radius 1 is 1.30 bits per heavy atom. The fourth-order valence-corrected chi connectivity index (χ4v) is 3.09. The Hall–Kier alpha value is -1.76. The van der Waals surface area contributed by atoms with E-state index in [0.29, 0.717) is 30.8 Å². The lowest BCUT2D eigenvalue weighted by atomic mass is 9.87. The third-order valence-corrected chi connectivity index (χ3v) is 4.36. The lowest BCUT2D eigenvalue weighted by Gasteiger charge is -2.33. The van der Waals surface area contributed by atoms with E-state index in [1.54, 1.807) is 7.11 Å². The third-order valence-electron chi connectivity index (χ3n) is 4.36. The molecule has 1 aliphatic rings. The molecule has 1 unspecified atom stereocenters. The Morgan fingerprint density at radius 2 is 2.04 bits per heavy atom. The zero-order valence-corrected chi connectivity index (χ0v) is 13.4. The second kappa shape index (κ2) is 7.68. The van der Waals surface area contributed by atoms with Crippen LogP contribution in [0, 0.1) is 5.92 Å². The summed E-state index contributed by atoms with van der Waals surface area (Å²) in [6.07, 6.45) is 1.56. The van der Waals surface area contributed by atoms with Gasteiger partial charge in [-0.3, -0.25) is 4.90 Å². The van der Waals surface area contributed by atoms with Crippen LogP contribution in [0.3, 0.4) is 0 Å². The van der Waals surface area contributed by atoms with E-state index in [2.05, 4.69) is 15.0 Å². The van der Waals surface area contributed by atoms with Gasteiger partial charge >= 0.3 is 0 Å². The van der Waals surface area contributed by atoms with E-state index in [1.807, 2.05) is 30.3 Å². The van der Waals surface area contributed by atoms with Crippen molar-refractivity contribution in [1.82, 2.24) is 15.0 Å². The number of hydrogen-bond donors (Lipinski definition) is 1. The van der Waals surface area contributed by atoms with E-state index in [-0.39, 0.29) is 6.10 Å². The van der Waals surface area contributed by atoms with Crippen molar-refractivity contribution in [3.8, 4) is 0 Å². The maximum atomic E-state index is 10.5. The minimum absolute atomic E-state index is 0.308. The van der Waals surface area contributed by atoms with Crippen LogP contribution in [-0.4, -0.2) is 40.3 Å². The normalized spacial score (nSPS) is 18.2. The van der Waals surface area contributed by atoms with E-state index in [9.17, 15) is 5.11 Å². The SMILES string of the molecule is COCc1nc(CN2CCC(C(O)c3ccccc3)CC2)no1. The molecule has 1 atom stereocenters. The molecule has 23 heavy (non-hydrogen) atoms. The lowest BCUT2D eigenvalue weighted by Crippen LogP contribution is -2.35. The van der Waals surface area contributed by atoms with Gasteiger partial charge in [0.05, 0.1) is 12.6 Å². The van der Waals surface area contributed by atoms with Crippen molar-refractivity contribution in [2.45, 2.75) is 32.1 Å². The summed E-state index contributed by atoms with van der Waals surface area (Å²) in [6.45, 7) is 2.89. The van der Waals surface area contributed by atoms with Crippen LogP contribution in [0.5, 0.6) is 0 Å². The Labute approximate surface area is 136 Å². The number of piperidine rings is 1. The van der Waals surface area contributed by atoms with Crippen LogP contribution in [0.1, 0.15) is 36.2 Å². The van der Waals surface area contributed by atoms with Gasteiger partial charge in [-0.05, 0) is 37.4 Å². The highest BCUT2D eigenvalue weighted by atomic mass is 16.5. The molecular weight excluding hydrogens is 294 g/mol. The van der Waals surface area contributed by atoms with Crippen molar-refractivity contribution in [1.29, 1.82) is 0 Å². The maximum Gasteiger partial charge on any atom is 0.252 e. The van der Waals surface area contributed by atoms with E-state index in [4.69, 9.17) is 9.26 Å². The molecule has 1 aromatic carbocycles. The number of benzene rings is 1. The largest absolute Gasteiger partial charge is 0.388 e. The number of hydrogen-bond acceptors (Lipinski definition) is 6. The van der Waals surface area contributed by atoms with Crippen molar-refractivity contribution in [2.24, 2.45) is 5.92 Å². The Balaban J connectivity index is 1.50. The average molecular weight is 317 g/mol. The number of aliphatic hydroxyl groups is 1. The summed E-state index contributed by atoms with van der Waals surface area (Å²) in [5.74, 6) is 1.51. The van der Waals surface area contributed by atoms with E-state index in [0.717, 1.165) is 31.5 Å². The smallest absolute Gasteiger partial charge is 0.252 e. The van der Waals surface area contributed by atoms with Gasteiger partial charge in [-0.1, -0.05) is 35.5 Å². The molecule has 0 spiro atoms. The zero-order chi connectivity index (χ0) is 16.1. The minimum atomic E-state index is -0.378. The van der Waals surface area contributed by atoms with Gasteiger partial charge in [-0.15, -0.1) is 0 Å². The monoisotopic (exact) mass is 317 g/mol. The molecule has 0 saturated carbocycles. The predicted octanol–water partition coefficient (Wildman–Crippen LogP) is 2.16. The average Bonchev–Trinajstić information content (AvgIpc) is 3.03. The summed E-state index contributed by atoms with van der Waals surface area (Å²) >= 11 is 0.